The van der Waals surface area contributed by atoms with Crippen molar-refractivity contribution in [2.24, 2.45) is 0 Å². The molecular formula is C16H13Cl2IN2OS. The molecule has 0 unspecified atom stereocenters. The van der Waals surface area contributed by atoms with Crippen LogP contribution >= 0.6 is 56.2 Å². The monoisotopic (exact) mass is 478 g/mol. The SMILES string of the molecule is COc1ccc(C2=ICNC(=S)N2c2cc(Cl)ccc2Cl)cc1. The molecule has 23 heavy (non-hydrogen) atoms. The lowest BCUT2D eigenvalue weighted by molar-refractivity contribution is 0.415. The molecule has 1 N–H and O–H groups in total. The average molecular weight is 479 g/mol. The van der Waals surface area contributed by atoms with Gasteiger partial charge in [0, 0.05) is 10.6 Å². The van der Waals surface area contributed by atoms with Crippen molar-refractivity contribution in [3.8, 4) is 5.75 Å². The largest absolute Gasteiger partial charge is 0.497 e. The Bertz CT molecular complexity index is 780. The quantitative estimate of drug-likeness (QED) is 0.296. The van der Waals surface area contributed by atoms with Gasteiger partial charge in [0.25, 0.3) is 0 Å². The van der Waals surface area contributed by atoms with E-state index >= 15 is 0 Å². The van der Waals surface area contributed by atoms with Crippen LogP contribution in [0.25, 0.3) is 0 Å². The number of alkyl halides is 1. The first-order valence-corrected chi connectivity index (χ1v) is 10.5. The maximum Gasteiger partial charge on any atom is 0.179 e. The third-order valence-corrected chi connectivity index (χ3v) is 6.76. The van der Waals surface area contributed by atoms with Crippen molar-refractivity contribution in [3.63, 3.8) is 0 Å². The molecule has 3 nitrogen and oxygen atoms in total. The molecule has 1 heterocycles. The van der Waals surface area contributed by atoms with E-state index in [9.17, 15) is 0 Å². The van der Waals surface area contributed by atoms with Gasteiger partial charge in [-0.3, -0.25) is 4.90 Å². The minimum atomic E-state index is -0.259. The van der Waals surface area contributed by atoms with Gasteiger partial charge in [-0.05, 0) is 54.7 Å². The van der Waals surface area contributed by atoms with E-state index in [4.69, 9.17) is 40.2 Å². The fourth-order valence-electron chi connectivity index (χ4n) is 2.19. The standard InChI is InChI=1S/C16H13Cl2IN2OS/c1-22-12-5-2-10(3-6-12)15-19-9-20-16(23)21(15)14-8-11(17)4-7-13(14)18/h2-8H,9H2,1H3,(H,20,23). The molecule has 0 spiro atoms. The first-order chi connectivity index (χ1) is 11.1. The summed E-state index contributed by atoms with van der Waals surface area (Å²) in [4.78, 5) is 2.00. The third kappa shape index (κ3) is 3.63. The Morgan fingerprint density at radius 1 is 1.17 bits per heavy atom. The van der Waals surface area contributed by atoms with Gasteiger partial charge in [-0.15, -0.1) is 0 Å². The van der Waals surface area contributed by atoms with Crippen molar-refractivity contribution in [3.05, 3.63) is 58.1 Å². The van der Waals surface area contributed by atoms with Gasteiger partial charge < -0.3 is 10.1 Å². The Balaban J connectivity index is 2.07. The number of thiocarbonyl (C=S) groups is 1. The Kier molecular flexibility index (Phi) is 5.41. The summed E-state index contributed by atoms with van der Waals surface area (Å²) in [6, 6.07) is 13.4. The summed E-state index contributed by atoms with van der Waals surface area (Å²) in [5.74, 6) is 0.830. The minimum Gasteiger partial charge on any atom is -0.497 e. The highest BCUT2D eigenvalue weighted by atomic mass is 127. The third-order valence-electron chi connectivity index (χ3n) is 3.29. The topological polar surface area (TPSA) is 24.5 Å². The molecule has 0 aromatic heterocycles. The maximum atomic E-state index is 6.39. The van der Waals surface area contributed by atoms with E-state index in [0.717, 1.165) is 21.6 Å². The molecular weight excluding hydrogens is 466 g/mol. The van der Waals surface area contributed by atoms with E-state index in [1.165, 1.54) is 3.63 Å². The molecule has 0 atom stereocenters. The number of hydrogen-bond acceptors (Lipinski definition) is 2. The molecule has 2 aromatic rings. The number of rotatable bonds is 3. The van der Waals surface area contributed by atoms with Gasteiger partial charge in [0.05, 0.1) is 26.0 Å². The van der Waals surface area contributed by atoms with Crippen LogP contribution in [0, 0.1) is 0 Å². The second-order valence-corrected chi connectivity index (χ2v) is 8.48. The lowest BCUT2D eigenvalue weighted by Crippen LogP contribution is -2.46. The highest BCUT2D eigenvalue weighted by Gasteiger charge is 2.24. The van der Waals surface area contributed by atoms with Crippen LogP contribution in [-0.2, 0) is 0 Å². The van der Waals surface area contributed by atoms with Gasteiger partial charge in [-0.25, -0.2) is 0 Å². The summed E-state index contributed by atoms with van der Waals surface area (Å²) in [6.45, 7) is 0. The summed E-state index contributed by atoms with van der Waals surface area (Å²) in [5.41, 5.74) is 1.93. The molecule has 7 heteroatoms. The predicted octanol–water partition coefficient (Wildman–Crippen LogP) is 4.80. The lowest BCUT2D eigenvalue weighted by atomic mass is 10.2. The number of nitrogens with zero attached hydrogens (tertiary/aromatic N) is 1. The van der Waals surface area contributed by atoms with E-state index in [0.29, 0.717) is 15.2 Å². The molecule has 0 bridgehead atoms. The number of hydrogen-bond donors (Lipinski definition) is 1. The number of ether oxygens (including phenoxy) is 1. The van der Waals surface area contributed by atoms with Crippen LogP contribution in [0.3, 0.4) is 0 Å². The Labute approximate surface area is 160 Å². The first kappa shape index (κ1) is 17.0. The second-order valence-electron chi connectivity index (χ2n) is 4.70. The van der Waals surface area contributed by atoms with Crippen LogP contribution in [0.4, 0.5) is 5.69 Å². The lowest BCUT2D eigenvalue weighted by Gasteiger charge is -2.32. The Morgan fingerprint density at radius 3 is 2.61 bits per heavy atom. The molecule has 0 saturated carbocycles. The van der Waals surface area contributed by atoms with Crippen LogP contribution in [-0.4, -0.2) is 20.4 Å². The van der Waals surface area contributed by atoms with Crippen molar-refractivity contribution >= 4 is 70.6 Å². The average Bonchev–Trinajstić information content (AvgIpc) is 2.57. The zero-order chi connectivity index (χ0) is 16.4. The van der Waals surface area contributed by atoms with E-state index in [1.54, 1.807) is 19.2 Å². The van der Waals surface area contributed by atoms with Gasteiger partial charge in [-0.2, -0.15) is 0 Å². The second kappa shape index (κ2) is 7.34. The van der Waals surface area contributed by atoms with E-state index < -0.39 is 0 Å². The molecule has 1 aliphatic rings. The number of benzene rings is 2. The number of methoxy groups -OCH3 is 1. The zero-order valence-corrected chi connectivity index (χ0v) is 16.6. The van der Waals surface area contributed by atoms with Gasteiger partial charge in [-0.1, -0.05) is 43.9 Å². The molecule has 3 rings (SSSR count). The van der Waals surface area contributed by atoms with Crippen LogP contribution in [0.5, 0.6) is 5.75 Å². The Hall–Kier alpha value is -0.890. The maximum absolute atomic E-state index is 6.39. The number of anilines is 1. The number of halogens is 3. The molecule has 0 fully saturated rings. The molecule has 0 amide bonds. The van der Waals surface area contributed by atoms with Crippen molar-refractivity contribution in [1.29, 1.82) is 0 Å². The predicted molar refractivity (Wildman–Crippen MR) is 111 cm³/mol. The number of nitrogens with one attached hydrogen (secondary N) is 1. The fourth-order valence-corrected chi connectivity index (χ4v) is 5.80. The van der Waals surface area contributed by atoms with Crippen LogP contribution in [0.1, 0.15) is 5.56 Å². The van der Waals surface area contributed by atoms with Crippen LogP contribution < -0.4 is 15.0 Å². The van der Waals surface area contributed by atoms with E-state index in [1.807, 2.05) is 35.2 Å². The summed E-state index contributed by atoms with van der Waals surface area (Å²) in [5, 5.41) is 5.15. The molecule has 120 valence electrons. The van der Waals surface area contributed by atoms with E-state index in [-0.39, 0.29) is 20.7 Å². The summed E-state index contributed by atoms with van der Waals surface area (Å²) >= 11 is 17.8. The Morgan fingerprint density at radius 2 is 1.91 bits per heavy atom. The fraction of sp³-hybridized carbons (Fsp3) is 0.125. The van der Waals surface area contributed by atoms with Gasteiger partial charge in [0.15, 0.2) is 5.11 Å². The van der Waals surface area contributed by atoms with Gasteiger partial charge >= 0.3 is 0 Å². The molecule has 2 aromatic carbocycles. The van der Waals surface area contributed by atoms with E-state index in [2.05, 4.69) is 5.32 Å². The molecule has 1 aliphatic heterocycles. The minimum absolute atomic E-state index is 0.259. The van der Waals surface area contributed by atoms with Crippen LogP contribution in [0.2, 0.25) is 10.0 Å². The van der Waals surface area contributed by atoms with Crippen molar-refractivity contribution in [2.45, 2.75) is 0 Å². The summed E-state index contributed by atoms with van der Waals surface area (Å²) < 4.78 is 7.32. The zero-order valence-electron chi connectivity index (χ0n) is 12.1. The van der Waals surface area contributed by atoms with Crippen molar-refractivity contribution in [2.75, 3.05) is 16.6 Å². The van der Waals surface area contributed by atoms with Gasteiger partial charge in [0.1, 0.15) is 5.75 Å². The van der Waals surface area contributed by atoms with Crippen molar-refractivity contribution < 1.29 is 4.74 Å². The molecule has 0 radical (unpaired) electrons. The van der Waals surface area contributed by atoms with Gasteiger partial charge in [0.2, 0.25) is 0 Å². The van der Waals surface area contributed by atoms with Crippen LogP contribution in [0.15, 0.2) is 42.5 Å². The normalized spacial score (nSPS) is 14.7. The highest BCUT2D eigenvalue weighted by Crippen LogP contribution is 2.33. The van der Waals surface area contributed by atoms with Crippen molar-refractivity contribution in [1.82, 2.24) is 5.32 Å². The molecule has 0 aliphatic carbocycles. The highest BCUT2D eigenvalue weighted by molar-refractivity contribution is 14.2. The summed E-state index contributed by atoms with van der Waals surface area (Å²) in [6.07, 6.45) is 0. The smallest absolute Gasteiger partial charge is 0.179 e. The molecule has 0 saturated heterocycles. The first-order valence-electron chi connectivity index (χ1n) is 6.73. The summed E-state index contributed by atoms with van der Waals surface area (Å²) in [7, 11) is 1.66.